The van der Waals surface area contributed by atoms with E-state index in [0.29, 0.717) is 28.7 Å². The molecule has 0 aromatic heterocycles. The van der Waals surface area contributed by atoms with Crippen LogP contribution in [-0.2, 0) is 10.2 Å². The molecule has 2 fully saturated rings. The molecule has 1 unspecified atom stereocenters. The van der Waals surface area contributed by atoms with Crippen molar-refractivity contribution in [3.05, 3.63) is 105 Å². The number of halogens is 4. The van der Waals surface area contributed by atoms with Crippen molar-refractivity contribution in [3.8, 4) is 0 Å². The lowest BCUT2D eigenvalue weighted by atomic mass is 9.66. The van der Waals surface area contributed by atoms with Gasteiger partial charge in [0.25, 0.3) is 0 Å². The van der Waals surface area contributed by atoms with Crippen molar-refractivity contribution in [2.24, 2.45) is 5.92 Å². The molecule has 1 N–H and O–H groups in total. The maximum atomic E-state index is 14.4. The molecule has 1 atom stereocenters. The van der Waals surface area contributed by atoms with Crippen LogP contribution < -0.4 is 5.32 Å². The quantitative estimate of drug-likeness (QED) is 0.323. The van der Waals surface area contributed by atoms with Gasteiger partial charge < -0.3 is 5.32 Å². The third kappa shape index (κ3) is 5.61. The topological polar surface area (TPSA) is 32.3 Å². The van der Waals surface area contributed by atoms with E-state index in [0.717, 1.165) is 42.9 Å². The number of nitrogens with one attached hydrogen (secondary N) is 1. The zero-order chi connectivity index (χ0) is 26.9. The smallest absolute Gasteiger partial charge is 0.230 e. The van der Waals surface area contributed by atoms with Gasteiger partial charge in [-0.3, -0.25) is 9.69 Å². The van der Waals surface area contributed by atoms with Gasteiger partial charge in [-0.15, -0.1) is 0 Å². The largest absolute Gasteiger partial charge is 0.353 e. The Labute approximate surface area is 233 Å². The third-order valence-corrected chi connectivity index (χ3v) is 8.84. The van der Waals surface area contributed by atoms with E-state index in [1.54, 1.807) is 0 Å². The summed E-state index contributed by atoms with van der Waals surface area (Å²) in [5.41, 5.74) is 1.43. The molecule has 1 heterocycles. The van der Waals surface area contributed by atoms with Crippen molar-refractivity contribution in [1.82, 2.24) is 10.2 Å². The van der Waals surface area contributed by atoms with Crippen LogP contribution in [0.3, 0.4) is 0 Å². The second-order valence-corrected chi connectivity index (χ2v) is 11.7. The molecule has 38 heavy (non-hydrogen) atoms. The van der Waals surface area contributed by atoms with Crippen molar-refractivity contribution >= 4 is 29.1 Å². The normalized spacial score (nSPS) is 18.7. The standard InChI is InChI=1S/C31H32Cl2F2N2O/c1-31(22-15-26(34)17-27(35)16-22,30(38)36-28-5-3-2-4-6-28)23-18-37(19-23)29(20-7-11-24(32)12-8-20)21-9-13-25(33)14-10-21/h7-17,23,28-29H,2-6,18-19H2,1H3,(H,36,38). The molecule has 1 amide bonds. The Balaban J connectivity index is 1.45. The summed E-state index contributed by atoms with van der Waals surface area (Å²) in [5.74, 6) is -1.64. The molecule has 3 aromatic carbocycles. The molecule has 0 radical (unpaired) electrons. The number of nitrogens with zero attached hydrogens (tertiary/aromatic N) is 1. The molecule has 0 bridgehead atoms. The lowest BCUT2D eigenvalue weighted by Gasteiger charge is -2.51. The fourth-order valence-corrected chi connectivity index (χ4v) is 6.23. The molecule has 5 rings (SSSR count). The lowest BCUT2D eigenvalue weighted by Crippen LogP contribution is -2.62. The summed E-state index contributed by atoms with van der Waals surface area (Å²) in [6.07, 6.45) is 5.21. The average Bonchev–Trinajstić information content (AvgIpc) is 2.87. The molecule has 1 aliphatic carbocycles. The van der Waals surface area contributed by atoms with Gasteiger partial charge in [0, 0.05) is 41.2 Å². The van der Waals surface area contributed by atoms with Gasteiger partial charge in [-0.05, 0) is 72.9 Å². The molecule has 7 heteroatoms. The molecule has 0 spiro atoms. The van der Waals surface area contributed by atoms with Gasteiger partial charge in [0.05, 0.1) is 11.5 Å². The fourth-order valence-electron chi connectivity index (χ4n) is 5.98. The Morgan fingerprint density at radius 1 is 0.868 bits per heavy atom. The van der Waals surface area contributed by atoms with E-state index in [9.17, 15) is 13.6 Å². The van der Waals surface area contributed by atoms with Gasteiger partial charge in [0.1, 0.15) is 11.6 Å². The van der Waals surface area contributed by atoms with E-state index in [1.807, 2.05) is 55.5 Å². The molecular formula is C31H32Cl2F2N2O. The number of carbonyl (C=O) groups excluding carboxylic acids is 1. The highest BCUT2D eigenvalue weighted by Gasteiger charge is 2.50. The first-order valence-electron chi connectivity index (χ1n) is 13.3. The van der Waals surface area contributed by atoms with Crippen molar-refractivity contribution in [3.63, 3.8) is 0 Å². The summed E-state index contributed by atoms with van der Waals surface area (Å²) in [6.45, 7) is 3.01. The summed E-state index contributed by atoms with van der Waals surface area (Å²) in [5, 5.41) is 4.55. The second kappa shape index (κ2) is 11.3. The zero-order valence-corrected chi connectivity index (χ0v) is 22.9. The molecular weight excluding hydrogens is 525 g/mol. The minimum Gasteiger partial charge on any atom is -0.353 e. The molecule has 200 valence electrons. The van der Waals surface area contributed by atoms with Crippen molar-refractivity contribution in [2.75, 3.05) is 13.1 Å². The van der Waals surface area contributed by atoms with Crippen LogP contribution in [0.4, 0.5) is 8.78 Å². The van der Waals surface area contributed by atoms with Crippen molar-refractivity contribution in [1.29, 1.82) is 0 Å². The first-order valence-corrected chi connectivity index (χ1v) is 14.0. The molecule has 1 saturated heterocycles. The number of carbonyl (C=O) groups is 1. The number of amides is 1. The molecule has 1 aliphatic heterocycles. The summed E-state index contributed by atoms with van der Waals surface area (Å²) < 4.78 is 28.7. The third-order valence-electron chi connectivity index (χ3n) is 8.34. The highest BCUT2D eigenvalue weighted by molar-refractivity contribution is 6.30. The first-order chi connectivity index (χ1) is 18.2. The maximum Gasteiger partial charge on any atom is 0.230 e. The van der Waals surface area contributed by atoms with Crippen LogP contribution in [-0.4, -0.2) is 29.9 Å². The highest BCUT2D eigenvalue weighted by Crippen LogP contribution is 2.44. The molecule has 3 nitrogen and oxygen atoms in total. The number of benzene rings is 3. The molecule has 3 aromatic rings. The van der Waals surface area contributed by atoms with E-state index >= 15 is 0 Å². The Kier molecular flexibility index (Phi) is 8.08. The monoisotopic (exact) mass is 556 g/mol. The number of hydrogen-bond donors (Lipinski definition) is 1. The van der Waals surface area contributed by atoms with Crippen molar-refractivity contribution < 1.29 is 13.6 Å². The SMILES string of the molecule is CC(C(=O)NC1CCCCC1)(c1cc(F)cc(F)c1)C1CN(C(c2ccc(Cl)cc2)c2ccc(Cl)cc2)C1. The summed E-state index contributed by atoms with van der Waals surface area (Å²) in [4.78, 5) is 16.2. The van der Waals surface area contributed by atoms with Crippen LogP contribution in [0.5, 0.6) is 0 Å². The molecule has 1 saturated carbocycles. The first kappa shape index (κ1) is 27.1. The predicted octanol–water partition coefficient (Wildman–Crippen LogP) is 7.70. The highest BCUT2D eigenvalue weighted by atomic mass is 35.5. The predicted molar refractivity (Wildman–Crippen MR) is 149 cm³/mol. The van der Waals surface area contributed by atoms with Crippen molar-refractivity contribution in [2.45, 2.75) is 56.5 Å². The Morgan fingerprint density at radius 3 is 1.87 bits per heavy atom. The van der Waals surface area contributed by atoms with Crippen LogP contribution in [0.15, 0.2) is 66.7 Å². The van der Waals surface area contributed by atoms with Gasteiger partial charge in [-0.1, -0.05) is 66.7 Å². The minimum absolute atomic E-state index is 0.0734. The Bertz CT molecular complexity index is 1210. The van der Waals surface area contributed by atoms with E-state index in [-0.39, 0.29) is 23.9 Å². The van der Waals surface area contributed by atoms with E-state index in [4.69, 9.17) is 23.2 Å². The van der Waals surface area contributed by atoms with Gasteiger partial charge in [-0.2, -0.15) is 0 Å². The Hall–Kier alpha value is -2.47. The van der Waals surface area contributed by atoms with E-state index < -0.39 is 17.0 Å². The Morgan fingerprint density at radius 2 is 1.37 bits per heavy atom. The number of rotatable bonds is 7. The zero-order valence-electron chi connectivity index (χ0n) is 21.4. The maximum absolute atomic E-state index is 14.4. The minimum atomic E-state index is -1.08. The van der Waals surface area contributed by atoms with Crippen LogP contribution in [0.1, 0.15) is 61.8 Å². The van der Waals surface area contributed by atoms with Crippen LogP contribution in [0.25, 0.3) is 0 Å². The second-order valence-electron chi connectivity index (χ2n) is 10.8. The van der Waals surface area contributed by atoms with E-state index in [1.165, 1.54) is 18.6 Å². The van der Waals surface area contributed by atoms with Crippen LogP contribution in [0.2, 0.25) is 10.0 Å². The van der Waals surface area contributed by atoms with Gasteiger partial charge in [0.2, 0.25) is 5.91 Å². The van der Waals surface area contributed by atoms with Gasteiger partial charge >= 0.3 is 0 Å². The number of hydrogen-bond acceptors (Lipinski definition) is 2. The summed E-state index contributed by atoms with van der Waals surface area (Å²) >= 11 is 12.3. The summed E-state index contributed by atoms with van der Waals surface area (Å²) in [6, 6.07) is 19.0. The van der Waals surface area contributed by atoms with Crippen LogP contribution in [0, 0.1) is 17.6 Å². The van der Waals surface area contributed by atoms with Crippen LogP contribution >= 0.6 is 23.2 Å². The summed E-state index contributed by atoms with van der Waals surface area (Å²) in [7, 11) is 0. The van der Waals surface area contributed by atoms with Gasteiger partial charge in [-0.25, -0.2) is 8.78 Å². The van der Waals surface area contributed by atoms with Gasteiger partial charge in [0.15, 0.2) is 0 Å². The average molecular weight is 558 g/mol. The number of likely N-dealkylation sites (tertiary alicyclic amines) is 1. The fraction of sp³-hybridized carbons (Fsp3) is 0.387. The lowest BCUT2D eigenvalue weighted by molar-refractivity contribution is -0.132. The molecule has 2 aliphatic rings. The van der Waals surface area contributed by atoms with E-state index in [2.05, 4.69) is 10.2 Å².